The number of rotatable bonds is 2. The van der Waals surface area contributed by atoms with Crippen LogP contribution >= 0.6 is 0 Å². The van der Waals surface area contributed by atoms with Crippen molar-refractivity contribution in [3.8, 4) is 0 Å². The molecule has 0 aliphatic carbocycles. The highest BCUT2D eigenvalue weighted by molar-refractivity contribution is 6.39. The highest BCUT2D eigenvalue weighted by Crippen LogP contribution is 2.19. The summed E-state index contributed by atoms with van der Waals surface area (Å²) in [4.78, 5) is 33.3. The van der Waals surface area contributed by atoms with Gasteiger partial charge in [0.1, 0.15) is 0 Å². The van der Waals surface area contributed by atoms with Gasteiger partial charge in [0, 0.05) is 6.42 Å². The minimum absolute atomic E-state index is 0.0691. The van der Waals surface area contributed by atoms with Gasteiger partial charge < -0.3 is 5.32 Å². The second kappa shape index (κ2) is 6.55. The maximum Gasteiger partial charge on any atom is 0.328 e. The molecule has 20 heavy (non-hydrogen) atoms. The van der Waals surface area contributed by atoms with Crippen LogP contribution in [0.4, 0.5) is 18.9 Å². The summed E-state index contributed by atoms with van der Waals surface area (Å²) in [5, 5.41) is 1.74. The second-order valence-corrected chi connectivity index (χ2v) is 3.53. The summed E-state index contributed by atoms with van der Waals surface area (Å²) in [6.45, 7) is 1.51. The van der Waals surface area contributed by atoms with E-state index in [0.29, 0.717) is 6.07 Å². The summed E-state index contributed by atoms with van der Waals surface area (Å²) in [6.07, 6.45) is 0.0691. The van der Waals surface area contributed by atoms with Gasteiger partial charge in [-0.1, -0.05) is 6.92 Å². The van der Waals surface area contributed by atoms with Crippen LogP contribution in [-0.2, 0) is 14.4 Å². The van der Waals surface area contributed by atoms with Crippen LogP contribution in [0.15, 0.2) is 12.1 Å². The molecular formula is C11H10F3N3O3. The van der Waals surface area contributed by atoms with E-state index in [9.17, 15) is 27.6 Å². The summed E-state index contributed by atoms with van der Waals surface area (Å²) in [5.74, 6) is -8.04. The van der Waals surface area contributed by atoms with Crippen LogP contribution in [0, 0.1) is 17.5 Å². The number of hydrogen-bond donors (Lipinski definition) is 3. The number of nitrogens with one attached hydrogen (secondary N) is 3. The van der Waals surface area contributed by atoms with Crippen LogP contribution in [0.3, 0.4) is 0 Å². The normalized spacial score (nSPS) is 9.80. The summed E-state index contributed by atoms with van der Waals surface area (Å²) >= 11 is 0. The fourth-order valence-electron chi connectivity index (χ4n) is 1.07. The maximum atomic E-state index is 13.2. The van der Waals surface area contributed by atoms with Crippen molar-refractivity contribution in [1.82, 2.24) is 10.9 Å². The Labute approximate surface area is 111 Å². The number of benzene rings is 1. The molecule has 0 saturated heterocycles. The number of anilines is 1. The average Bonchev–Trinajstić information content (AvgIpc) is 2.44. The molecule has 3 N–H and O–H groups in total. The number of halogens is 3. The molecule has 0 radical (unpaired) electrons. The van der Waals surface area contributed by atoms with E-state index in [1.807, 2.05) is 5.43 Å². The quantitative estimate of drug-likeness (QED) is 0.423. The van der Waals surface area contributed by atoms with Crippen LogP contribution in [-0.4, -0.2) is 17.7 Å². The minimum Gasteiger partial charge on any atom is -0.315 e. The van der Waals surface area contributed by atoms with Crippen LogP contribution in [0.25, 0.3) is 0 Å². The zero-order valence-corrected chi connectivity index (χ0v) is 10.2. The van der Waals surface area contributed by atoms with Crippen LogP contribution < -0.4 is 16.2 Å². The van der Waals surface area contributed by atoms with Crippen molar-refractivity contribution in [3.63, 3.8) is 0 Å². The first kappa shape index (κ1) is 15.5. The fraction of sp³-hybridized carbons (Fsp3) is 0.182. The summed E-state index contributed by atoms with van der Waals surface area (Å²) < 4.78 is 38.8. The first-order chi connectivity index (χ1) is 9.36. The topological polar surface area (TPSA) is 87.3 Å². The maximum absolute atomic E-state index is 13.2. The molecule has 1 rings (SSSR count). The van der Waals surface area contributed by atoms with E-state index in [0.717, 1.165) is 6.07 Å². The molecule has 0 aromatic heterocycles. The molecule has 0 heterocycles. The summed E-state index contributed by atoms with van der Waals surface area (Å²) in [5.41, 5.74) is 2.96. The molecule has 0 unspecified atom stereocenters. The highest BCUT2D eigenvalue weighted by Gasteiger charge is 2.19. The van der Waals surface area contributed by atoms with Gasteiger partial charge in [0.15, 0.2) is 17.5 Å². The van der Waals surface area contributed by atoms with Gasteiger partial charge in [-0.05, 0) is 12.1 Å². The lowest BCUT2D eigenvalue weighted by Gasteiger charge is -2.08. The number of amides is 3. The van der Waals surface area contributed by atoms with Gasteiger partial charge in [0.05, 0.1) is 5.69 Å². The third-order valence-corrected chi connectivity index (χ3v) is 2.13. The third kappa shape index (κ3) is 3.70. The Balaban J connectivity index is 2.69. The van der Waals surface area contributed by atoms with E-state index >= 15 is 0 Å². The molecule has 3 amide bonds. The molecule has 0 fully saturated rings. The van der Waals surface area contributed by atoms with Gasteiger partial charge in [-0.3, -0.25) is 25.2 Å². The second-order valence-electron chi connectivity index (χ2n) is 3.53. The summed E-state index contributed by atoms with van der Waals surface area (Å²) in [7, 11) is 0. The van der Waals surface area contributed by atoms with Crippen molar-refractivity contribution in [2.45, 2.75) is 13.3 Å². The molecular weight excluding hydrogens is 279 g/mol. The molecule has 0 atom stereocenters. The molecule has 0 spiro atoms. The molecule has 108 valence electrons. The Morgan fingerprint density at radius 3 is 2.25 bits per heavy atom. The van der Waals surface area contributed by atoms with Gasteiger partial charge in [0.2, 0.25) is 5.91 Å². The number of carbonyl (C=O) groups excluding carboxylic acids is 3. The lowest BCUT2D eigenvalue weighted by atomic mass is 10.2. The molecule has 6 nitrogen and oxygen atoms in total. The van der Waals surface area contributed by atoms with E-state index in [2.05, 4.69) is 0 Å². The Hall–Kier alpha value is -2.58. The van der Waals surface area contributed by atoms with Crippen molar-refractivity contribution in [2.75, 3.05) is 5.32 Å². The third-order valence-electron chi connectivity index (χ3n) is 2.13. The average molecular weight is 289 g/mol. The van der Waals surface area contributed by atoms with Gasteiger partial charge in [0.25, 0.3) is 0 Å². The lowest BCUT2D eigenvalue weighted by molar-refractivity contribution is -0.138. The lowest BCUT2D eigenvalue weighted by Crippen LogP contribution is -2.46. The van der Waals surface area contributed by atoms with Crippen LogP contribution in [0.2, 0.25) is 0 Å². The monoisotopic (exact) mass is 289 g/mol. The zero-order valence-electron chi connectivity index (χ0n) is 10.2. The van der Waals surface area contributed by atoms with Crippen LogP contribution in [0.5, 0.6) is 0 Å². The minimum atomic E-state index is -1.78. The molecule has 0 saturated carbocycles. The SMILES string of the molecule is CCC(=O)NNC(=O)C(=O)Nc1ccc(F)c(F)c1F. The Morgan fingerprint density at radius 1 is 1.00 bits per heavy atom. The molecule has 9 heteroatoms. The van der Waals surface area contributed by atoms with E-state index in [-0.39, 0.29) is 6.42 Å². The first-order valence-corrected chi connectivity index (χ1v) is 5.40. The number of carbonyl (C=O) groups is 3. The van der Waals surface area contributed by atoms with Crippen molar-refractivity contribution >= 4 is 23.4 Å². The predicted molar refractivity (Wildman–Crippen MR) is 61.5 cm³/mol. The van der Waals surface area contributed by atoms with Crippen molar-refractivity contribution in [1.29, 1.82) is 0 Å². The van der Waals surface area contributed by atoms with Crippen LogP contribution in [0.1, 0.15) is 13.3 Å². The van der Waals surface area contributed by atoms with E-state index < -0.39 is 40.9 Å². The Bertz CT molecular complexity index is 563. The van der Waals surface area contributed by atoms with Crippen molar-refractivity contribution in [3.05, 3.63) is 29.6 Å². The zero-order chi connectivity index (χ0) is 15.3. The Kier molecular flexibility index (Phi) is 5.07. The van der Waals surface area contributed by atoms with Gasteiger partial charge in [-0.15, -0.1) is 0 Å². The standard InChI is InChI=1S/C11H10F3N3O3/c1-2-7(18)16-17-11(20)10(19)15-6-4-3-5(12)8(13)9(6)14/h3-4H,2H2,1H3,(H,15,19)(H,16,18)(H,17,20). The summed E-state index contributed by atoms with van der Waals surface area (Å²) in [6, 6.07) is 1.34. The van der Waals surface area contributed by atoms with E-state index in [1.165, 1.54) is 6.92 Å². The number of hydrogen-bond acceptors (Lipinski definition) is 3. The number of hydrazine groups is 1. The predicted octanol–water partition coefficient (Wildman–Crippen LogP) is 0.600. The largest absolute Gasteiger partial charge is 0.328 e. The van der Waals surface area contributed by atoms with Gasteiger partial charge in [-0.25, -0.2) is 13.2 Å². The highest BCUT2D eigenvalue weighted by atomic mass is 19.2. The molecule has 0 aliphatic rings. The van der Waals surface area contributed by atoms with Crippen molar-refractivity contribution in [2.24, 2.45) is 0 Å². The Morgan fingerprint density at radius 2 is 1.65 bits per heavy atom. The smallest absolute Gasteiger partial charge is 0.315 e. The van der Waals surface area contributed by atoms with Gasteiger partial charge >= 0.3 is 11.8 Å². The van der Waals surface area contributed by atoms with Crippen molar-refractivity contribution < 1.29 is 27.6 Å². The molecule has 0 aliphatic heterocycles. The van der Waals surface area contributed by atoms with Gasteiger partial charge in [-0.2, -0.15) is 0 Å². The molecule has 1 aromatic rings. The van der Waals surface area contributed by atoms with E-state index in [1.54, 1.807) is 10.7 Å². The molecule has 0 bridgehead atoms. The van der Waals surface area contributed by atoms with E-state index in [4.69, 9.17) is 0 Å². The molecule has 1 aromatic carbocycles. The first-order valence-electron chi connectivity index (χ1n) is 5.40. The fourth-order valence-corrected chi connectivity index (χ4v) is 1.07.